The van der Waals surface area contributed by atoms with Crippen LogP contribution in [0, 0.1) is 61.7 Å². The smallest absolute Gasteiger partial charge is 0.251 e. The minimum Gasteiger partial charge on any atom is -0.493 e. The molecule has 0 bridgehead atoms. The van der Waals surface area contributed by atoms with E-state index in [1.54, 1.807) is 79.7 Å². The van der Waals surface area contributed by atoms with Gasteiger partial charge in [0.05, 0.1) is 66.1 Å². The molecule has 6 rings (SSSR count). The predicted octanol–water partition coefficient (Wildman–Crippen LogP) is 15.5. The Bertz CT molecular complexity index is 4580. The van der Waals surface area contributed by atoms with Crippen LogP contribution < -0.4 is 89.9 Å². The highest BCUT2D eigenvalue weighted by Crippen LogP contribution is 2.38. The summed E-state index contributed by atoms with van der Waals surface area (Å²) < 4.78 is 63.9. The van der Waals surface area contributed by atoms with Gasteiger partial charge in [-0.25, -0.2) is 0 Å². The molecule has 0 heterocycles. The van der Waals surface area contributed by atoms with E-state index in [4.69, 9.17) is 79.5 Å². The highest BCUT2D eigenvalue weighted by atomic mass is 16.5. The molecule has 8 N–H and O–H groups in total. The van der Waals surface area contributed by atoms with Gasteiger partial charge in [0.25, 0.3) is 29.5 Å². The average Bonchev–Trinajstić information content (AvgIpc) is 0.809. The zero-order valence-corrected chi connectivity index (χ0v) is 82.5. The van der Waals surface area contributed by atoms with E-state index in [-0.39, 0.29) is 167 Å². The zero-order chi connectivity index (χ0) is 101. The van der Waals surface area contributed by atoms with E-state index in [1.165, 1.54) is 34.6 Å². The van der Waals surface area contributed by atoms with Gasteiger partial charge in [-0.1, -0.05) is 0 Å². The van der Waals surface area contributed by atoms with Crippen molar-refractivity contribution in [3.63, 3.8) is 0 Å². The molecule has 0 aliphatic heterocycles. The number of hydrogen-bond donors (Lipinski definition) is 8. The molecule has 0 radical (unpaired) electrons. The number of unbranched alkanes of at least 4 members (excludes halogenated alkanes) is 13. The van der Waals surface area contributed by atoms with Crippen LogP contribution in [0.5, 0.6) is 57.5 Å². The maximum absolute atomic E-state index is 15.6. The molecule has 29 nitrogen and oxygen atoms in total. The maximum Gasteiger partial charge on any atom is 0.251 e. The number of ketones is 3. The monoisotopic (exact) mass is 1920 g/mol. The number of hydrogen-bond acceptors (Lipinski definition) is 21. The fourth-order valence-electron chi connectivity index (χ4n) is 15.3. The topological polar surface area (TPSA) is 376 Å². The molecule has 1 aliphatic carbocycles. The summed E-state index contributed by atoms with van der Waals surface area (Å²) in [4.78, 5) is 148. The van der Waals surface area contributed by atoms with Gasteiger partial charge in [0, 0.05) is 180 Å². The van der Waals surface area contributed by atoms with E-state index in [0.29, 0.717) is 274 Å². The maximum atomic E-state index is 15.6. The molecule has 0 aromatic heterocycles. The lowest BCUT2D eigenvalue weighted by Crippen LogP contribution is -2.53. The van der Waals surface area contributed by atoms with Gasteiger partial charge in [0.15, 0.2) is 0 Å². The van der Waals surface area contributed by atoms with E-state index < -0.39 is 41.8 Å². The van der Waals surface area contributed by atoms with Crippen LogP contribution in [0.1, 0.15) is 315 Å². The van der Waals surface area contributed by atoms with Gasteiger partial charge in [0.2, 0.25) is 17.7 Å². The van der Waals surface area contributed by atoms with Crippen molar-refractivity contribution in [3.05, 3.63) is 117 Å². The molecule has 5 aromatic rings. The van der Waals surface area contributed by atoms with E-state index in [9.17, 15) is 38.4 Å². The number of nitrogens with one attached hydrogen (secondary N) is 8. The summed E-state index contributed by atoms with van der Waals surface area (Å²) >= 11 is 0. The molecule has 0 unspecified atom stereocenters. The highest BCUT2D eigenvalue weighted by molar-refractivity contribution is 5.98. The summed E-state index contributed by atoms with van der Waals surface area (Å²) in [5.41, 5.74) is 2.86. The first kappa shape index (κ1) is 114. The molecule has 5 aromatic carbocycles. The number of ether oxygens (including phenoxy) is 10. The van der Waals surface area contributed by atoms with E-state index in [0.717, 1.165) is 25.7 Å². The molecule has 752 valence electrons. The molecule has 1 fully saturated rings. The summed E-state index contributed by atoms with van der Waals surface area (Å²) in [6, 6.07) is 17.5. The van der Waals surface area contributed by atoms with Gasteiger partial charge in [0.1, 0.15) is 74.8 Å². The number of terminal acetylenes is 5. The normalized spacial score (nSPS) is 12.9. The van der Waals surface area contributed by atoms with Crippen molar-refractivity contribution >= 4 is 64.6 Å². The summed E-state index contributed by atoms with van der Waals surface area (Å²) in [6.07, 6.45) is 45.1. The first-order valence-corrected chi connectivity index (χ1v) is 49.3. The number of carbonyl (C=O) groups is 11. The lowest BCUT2D eigenvalue weighted by molar-refractivity contribution is -0.119. The Morgan fingerprint density at radius 1 is 0.252 bits per heavy atom. The van der Waals surface area contributed by atoms with Crippen molar-refractivity contribution in [2.24, 2.45) is 0 Å². The van der Waals surface area contributed by atoms with Gasteiger partial charge >= 0.3 is 0 Å². The molecular weight excluding hydrogens is 1770 g/mol. The first-order valence-electron chi connectivity index (χ1n) is 49.3. The molecule has 1 saturated carbocycles. The predicted molar refractivity (Wildman–Crippen MR) is 537 cm³/mol. The van der Waals surface area contributed by atoms with Crippen molar-refractivity contribution in [1.29, 1.82) is 0 Å². The second kappa shape index (κ2) is 67.8. The van der Waals surface area contributed by atoms with Crippen LogP contribution >= 0.6 is 0 Å². The Morgan fingerprint density at radius 2 is 0.468 bits per heavy atom. The lowest BCUT2D eigenvalue weighted by atomic mass is 9.86. The molecule has 0 spiro atoms. The van der Waals surface area contributed by atoms with Gasteiger partial charge in [-0.15, -0.1) is 61.7 Å². The van der Waals surface area contributed by atoms with Crippen LogP contribution in [0.4, 0.5) is 0 Å². The van der Waals surface area contributed by atoms with Crippen LogP contribution in [0.25, 0.3) is 0 Å². The van der Waals surface area contributed by atoms with Crippen LogP contribution in [0.2, 0.25) is 0 Å². The summed E-state index contributed by atoms with van der Waals surface area (Å²) in [5, 5.41) is 24.3. The molecule has 29 heteroatoms. The van der Waals surface area contributed by atoms with Crippen molar-refractivity contribution in [1.82, 2.24) is 42.5 Å². The minimum atomic E-state index is -0.791. The van der Waals surface area contributed by atoms with E-state index >= 15 is 14.4 Å². The highest BCUT2D eigenvalue weighted by Gasteiger charge is 2.35. The second-order valence-electron chi connectivity index (χ2n) is 34.7. The number of benzene rings is 5. The van der Waals surface area contributed by atoms with Crippen LogP contribution in [-0.2, 0) is 48.0 Å². The SMILES string of the molecule is C#CCCCCOc1cc(OCCCCC#C)cc(C(=O)NCCCc2c(OCCCCC(C)=O)cc(C(=O)N[C@H]3C[C@@H](NC(=O)c4cc(OCCCCC#C)c(CCCCC(C)=O)c(OCCCNC(C)=O)c4)C[C@@H](NC(=O)c4cc(OCCCNC(C)=O)c(CCCNC(=O)c5cc(OCCCCC#C)cc(OCCCCC#C)c5)c(OCCCNC(C)=O)c4)C3)cc2OCCCCC(C)=O)c1. The zero-order valence-electron chi connectivity index (χ0n) is 82.5. The third-order valence-corrected chi connectivity index (χ3v) is 22.4. The molecule has 139 heavy (non-hydrogen) atoms. The third-order valence-electron chi connectivity index (χ3n) is 22.4. The molecular formula is C110H146N8O21. The Kier molecular flexibility index (Phi) is 55.8. The Labute approximate surface area is 822 Å². The number of rotatable bonds is 73. The fourth-order valence-corrected chi connectivity index (χ4v) is 15.3. The van der Waals surface area contributed by atoms with Gasteiger partial charge < -0.3 is 104 Å². The molecule has 0 saturated heterocycles. The van der Waals surface area contributed by atoms with Crippen LogP contribution in [-0.4, -0.2) is 182 Å². The van der Waals surface area contributed by atoms with Gasteiger partial charge in [-0.3, -0.25) is 38.4 Å². The third kappa shape index (κ3) is 47.5. The lowest BCUT2D eigenvalue weighted by Gasteiger charge is -2.36. The van der Waals surface area contributed by atoms with Crippen molar-refractivity contribution in [3.8, 4) is 119 Å². The molecule has 3 atom stereocenters. The van der Waals surface area contributed by atoms with E-state index in [2.05, 4.69) is 72.1 Å². The quantitative estimate of drug-likeness (QED) is 0.0132. The average molecular weight is 1920 g/mol. The first-order chi connectivity index (χ1) is 67.3. The molecule has 8 amide bonds. The summed E-state index contributed by atoms with van der Waals surface area (Å²) in [5.74, 6) is 13.9. The summed E-state index contributed by atoms with van der Waals surface area (Å²) in [7, 11) is 0. The fraction of sp³-hybridized carbons (Fsp3) is 0.536. The van der Waals surface area contributed by atoms with Gasteiger partial charge in [-0.2, -0.15) is 0 Å². The molecule has 1 aliphatic rings. The Hall–Kier alpha value is -13.3. The Morgan fingerprint density at radius 3 is 0.712 bits per heavy atom. The van der Waals surface area contributed by atoms with Crippen LogP contribution in [0.3, 0.4) is 0 Å². The van der Waals surface area contributed by atoms with Crippen molar-refractivity contribution in [2.75, 3.05) is 98.8 Å². The summed E-state index contributed by atoms with van der Waals surface area (Å²) in [6.45, 7) is 12.4. The van der Waals surface area contributed by atoms with Crippen molar-refractivity contribution in [2.45, 2.75) is 284 Å². The Balaban J connectivity index is 1.44. The number of Topliss-reactive ketones (excluding diaryl/α,β-unsaturated/α-hetero) is 3. The second-order valence-corrected chi connectivity index (χ2v) is 34.7. The van der Waals surface area contributed by atoms with Gasteiger partial charge in [-0.05, 0) is 255 Å². The minimum absolute atomic E-state index is 0.0142. The van der Waals surface area contributed by atoms with Crippen molar-refractivity contribution < 1.29 is 100 Å². The standard InChI is InChI=1S/C110H146N8O21/c1-12-17-22-31-54-130-93-64-85(65-94(77-93)131-55-32-23-18-13-2)106(125)114-49-38-47-98-102(135-59-36-29-44-80(7)120)70-88(71-103(98)136-60-37-30-45-81(8)121)109(128)117-91-74-90(116-108(127)87-68-100(134-58-35-26-21-16-5)97(46-28-27-43-79(6)119)101(69-87)137-61-40-51-111-82(9)122)75-92(76-91)118-110(129)89-72-104(138-62-41-52-112-83(10)123)99(105(73-89)139-63-42-53-113-84(11)124)48-39-50-115-107(126)86-66-95(132-56-33-24-19-14-3)78-96(67-86)133-57-34-25-20-15-4/h1-5,64-73,77-78,90-92H,17-63,74-76H2,6-11H3,(H,111,122)(H,112,123)(H,113,124)(H,114,125)(H,115,126)(H,116,127)(H,117,128)(H,118,129)/t90-,91+,92-/m1/s1. The van der Waals surface area contributed by atoms with Crippen LogP contribution in [0.15, 0.2) is 72.8 Å². The largest absolute Gasteiger partial charge is 0.493 e. The number of amides is 8. The van der Waals surface area contributed by atoms with E-state index in [1.807, 2.05) is 0 Å². The number of carbonyl (C=O) groups excluding carboxylic acids is 11.